The second-order valence-electron chi connectivity index (χ2n) is 6.17. The van der Waals surface area contributed by atoms with E-state index in [1.54, 1.807) is 24.3 Å². The van der Waals surface area contributed by atoms with Crippen LogP contribution in [0.1, 0.15) is 19.8 Å². The Hall–Kier alpha value is -3.35. The Labute approximate surface area is 156 Å². The van der Waals surface area contributed by atoms with E-state index in [2.05, 4.69) is 10.6 Å². The van der Waals surface area contributed by atoms with Crippen molar-refractivity contribution < 1.29 is 23.9 Å². The third-order valence-corrected chi connectivity index (χ3v) is 4.04. The van der Waals surface area contributed by atoms with Gasteiger partial charge in [-0.2, -0.15) is 0 Å². The van der Waals surface area contributed by atoms with E-state index < -0.39 is 24.0 Å². The first-order valence-electron chi connectivity index (χ1n) is 8.65. The molecule has 0 unspecified atom stereocenters. The van der Waals surface area contributed by atoms with Gasteiger partial charge in [0.05, 0.1) is 0 Å². The van der Waals surface area contributed by atoms with Crippen LogP contribution >= 0.6 is 0 Å². The number of anilines is 1. The molecule has 1 saturated heterocycles. The zero-order valence-corrected chi connectivity index (χ0v) is 14.8. The predicted molar refractivity (Wildman–Crippen MR) is 98.3 cm³/mol. The summed E-state index contributed by atoms with van der Waals surface area (Å²) in [4.78, 5) is 35.3. The van der Waals surface area contributed by atoms with Crippen molar-refractivity contribution in [1.29, 1.82) is 0 Å². The van der Waals surface area contributed by atoms with Crippen LogP contribution in [0.25, 0.3) is 0 Å². The van der Waals surface area contributed by atoms with Gasteiger partial charge in [-0.05, 0) is 49.7 Å². The van der Waals surface area contributed by atoms with Gasteiger partial charge in [0.2, 0.25) is 5.91 Å². The third-order valence-electron chi connectivity index (χ3n) is 4.04. The zero-order valence-electron chi connectivity index (χ0n) is 14.8. The molecular weight excluding hydrogens is 348 g/mol. The van der Waals surface area contributed by atoms with E-state index in [0.717, 1.165) is 0 Å². The minimum absolute atomic E-state index is 0.188. The van der Waals surface area contributed by atoms with E-state index in [1.807, 2.05) is 30.3 Å². The Morgan fingerprint density at radius 2 is 1.74 bits per heavy atom. The summed E-state index contributed by atoms with van der Waals surface area (Å²) >= 11 is 0. The molecular formula is C20H20N2O5. The average molecular weight is 368 g/mol. The summed E-state index contributed by atoms with van der Waals surface area (Å²) < 4.78 is 10.8. The van der Waals surface area contributed by atoms with Gasteiger partial charge in [-0.15, -0.1) is 0 Å². The van der Waals surface area contributed by atoms with Crippen LogP contribution in [0.5, 0.6) is 11.5 Å². The second-order valence-corrected chi connectivity index (χ2v) is 6.17. The van der Waals surface area contributed by atoms with E-state index in [9.17, 15) is 14.4 Å². The molecule has 0 aliphatic carbocycles. The largest absolute Gasteiger partial charge is 0.457 e. The number of hydrogen-bond acceptors (Lipinski definition) is 5. The number of ether oxygens (including phenoxy) is 2. The van der Waals surface area contributed by atoms with Crippen LogP contribution in [0, 0.1) is 0 Å². The maximum atomic E-state index is 12.2. The van der Waals surface area contributed by atoms with Gasteiger partial charge in [-0.1, -0.05) is 18.2 Å². The summed E-state index contributed by atoms with van der Waals surface area (Å²) in [6, 6.07) is 15.5. The molecule has 1 fully saturated rings. The van der Waals surface area contributed by atoms with E-state index in [1.165, 1.54) is 6.92 Å². The molecule has 0 radical (unpaired) electrons. The Kier molecular flexibility index (Phi) is 5.71. The van der Waals surface area contributed by atoms with Gasteiger partial charge in [0, 0.05) is 12.1 Å². The molecule has 27 heavy (non-hydrogen) atoms. The normalized spacial score (nSPS) is 16.9. The van der Waals surface area contributed by atoms with Crippen molar-refractivity contribution in [3.8, 4) is 11.5 Å². The number of benzene rings is 2. The van der Waals surface area contributed by atoms with Crippen molar-refractivity contribution in [2.24, 2.45) is 0 Å². The van der Waals surface area contributed by atoms with Gasteiger partial charge in [-0.25, -0.2) is 4.79 Å². The highest BCUT2D eigenvalue weighted by molar-refractivity contribution is 5.96. The SMILES string of the molecule is C[C@H](OC(=O)[C@H]1CCC(=O)N1)C(=O)Nc1ccc(Oc2ccccc2)cc1. The maximum Gasteiger partial charge on any atom is 0.329 e. The minimum atomic E-state index is -0.977. The highest BCUT2D eigenvalue weighted by Gasteiger charge is 2.30. The van der Waals surface area contributed by atoms with E-state index in [4.69, 9.17) is 9.47 Å². The number of rotatable bonds is 6. The monoisotopic (exact) mass is 368 g/mol. The van der Waals surface area contributed by atoms with Crippen LogP contribution in [0.2, 0.25) is 0 Å². The third kappa shape index (κ3) is 5.07. The highest BCUT2D eigenvalue weighted by atomic mass is 16.5. The molecule has 0 aromatic heterocycles. The first-order valence-corrected chi connectivity index (χ1v) is 8.65. The Balaban J connectivity index is 1.51. The van der Waals surface area contributed by atoms with Gasteiger partial charge in [-0.3, -0.25) is 9.59 Å². The summed E-state index contributed by atoms with van der Waals surface area (Å²) in [7, 11) is 0. The Morgan fingerprint density at radius 3 is 2.37 bits per heavy atom. The summed E-state index contributed by atoms with van der Waals surface area (Å²) in [5.74, 6) is 0.107. The van der Waals surface area contributed by atoms with E-state index in [0.29, 0.717) is 23.6 Å². The average Bonchev–Trinajstić information content (AvgIpc) is 3.10. The quantitative estimate of drug-likeness (QED) is 0.765. The summed E-state index contributed by atoms with van der Waals surface area (Å²) in [5, 5.41) is 5.19. The number of carbonyl (C=O) groups is 3. The molecule has 0 bridgehead atoms. The fourth-order valence-corrected chi connectivity index (χ4v) is 2.58. The lowest BCUT2D eigenvalue weighted by Gasteiger charge is -2.16. The van der Waals surface area contributed by atoms with Gasteiger partial charge in [0.15, 0.2) is 6.10 Å². The number of amides is 2. The molecule has 2 amide bonds. The van der Waals surface area contributed by atoms with Crippen LogP contribution in [0.3, 0.4) is 0 Å². The molecule has 7 nitrogen and oxygen atoms in total. The maximum absolute atomic E-state index is 12.2. The van der Waals surface area contributed by atoms with Crippen LogP contribution < -0.4 is 15.4 Å². The topological polar surface area (TPSA) is 93.7 Å². The molecule has 1 aliphatic heterocycles. The second kappa shape index (κ2) is 8.35. The molecule has 7 heteroatoms. The lowest BCUT2D eigenvalue weighted by Crippen LogP contribution is -2.39. The first-order chi connectivity index (χ1) is 13.0. The van der Waals surface area contributed by atoms with Gasteiger partial charge in [0.25, 0.3) is 5.91 Å². The van der Waals surface area contributed by atoms with Crippen molar-refractivity contribution in [3.63, 3.8) is 0 Å². The lowest BCUT2D eigenvalue weighted by atomic mass is 10.2. The standard InChI is InChI=1S/C20H20N2O5/c1-13(26-20(25)17-11-12-18(23)22-17)19(24)21-14-7-9-16(10-8-14)27-15-5-3-2-4-6-15/h2-10,13,17H,11-12H2,1H3,(H,21,24)(H,22,23)/t13-,17+/m0/s1. The molecule has 2 aromatic carbocycles. The van der Waals surface area contributed by atoms with Crippen molar-refractivity contribution >= 4 is 23.5 Å². The molecule has 2 aromatic rings. The molecule has 1 heterocycles. The number of hydrogen-bond donors (Lipinski definition) is 2. The number of para-hydroxylation sites is 1. The van der Waals surface area contributed by atoms with Crippen LogP contribution in [0.15, 0.2) is 54.6 Å². The van der Waals surface area contributed by atoms with E-state index in [-0.39, 0.29) is 12.3 Å². The van der Waals surface area contributed by atoms with Gasteiger partial charge >= 0.3 is 5.97 Å². The van der Waals surface area contributed by atoms with Crippen LogP contribution in [0.4, 0.5) is 5.69 Å². The van der Waals surface area contributed by atoms with Crippen LogP contribution in [-0.4, -0.2) is 29.9 Å². The van der Waals surface area contributed by atoms with Crippen LogP contribution in [-0.2, 0) is 19.1 Å². The summed E-state index contributed by atoms with van der Waals surface area (Å²) in [5.41, 5.74) is 0.553. The Bertz CT molecular complexity index is 820. The van der Waals surface area contributed by atoms with Gasteiger partial charge in [0.1, 0.15) is 17.5 Å². The summed E-state index contributed by atoms with van der Waals surface area (Å²) in [6.07, 6.45) is -0.303. The molecule has 0 spiro atoms. The van der Waals surface area contributed by atoms with Crippen molar-refractivity contribution in [2.75, 3.05) is 5.32 Å². The van der Waals surface area contributed by atoms with Crippen molar-refractivity contribution in [1.82, 2.24) is 5.32 Å². The zero-order chi connectivity index (χ0) is 19.2. The highest BCUT2D eigenvalue weighted by Crippen LogP contribution is 2.22. The molecule has 2 N–H and O–H groups in total. The molecule has 3 rings (SSSR count). The number of carbonyl (C=O) groups excluding carboxylic acids is 3. The lowest BCUT2D eigenvalue weighted by molar-refractivity contribution is -0.155. The predicted octanol–water partition coefficient (Wildman–Crippen LogP) is 2.63. The fraction of sp³-hybridized carbons (Fsp3) is 0.250. The molecule has 0 saturated carbocycles. The molecule has 2 atom stereocenters. The first kappa shape index (κ1) is 18.4. The van der Waals surface area contributed by atoms with Crippen molar-refractivity contribution in [2.45, 2.75) is 31.9 Å². The minimum Gasteiger partial charge on any atom is -0.457 e. The Morgan fingerprint density at radius 1 is 1.07 bits per heavy atom. The fourth-order valence-electron chi connectivity index (χ4n) is 2.58. The molecule has 140 valence electrons. The molecule has 1 aliphatic rings. The van der Waals surface area contributed by atoms with E-state index >= 15 is 0 Å². The number of esters is 1. The number of nitrogens with one attached hydrogen (secondary N) is 2. The summed E-state index contributed by atoms with van der Waals surface area (Å²) in [6.45, 7) is 1.48. The van der Waals surface area contributed by atoms with Gasteiger partial charge < -0.3 is 20.1 Å². The smallest absolute Gasteiger partial charge is 0.329 e. The van der Waals surface area contributed by atoms with Crippen molar-refractivity contribution in [3.05, 3.63) is 54.6 Å².